The van der Waals surface area contributed by atoms with Crippen LogP contribution in [0.3, 0.4) is 0 Å². The van der Waals surface area contributed by atoms with Gasteiger partial charge in [-0.15, -0.1) is 0 Å². The van der Waals surface area contributed by atoms with Gasteiger partial charge in [0.05, 0.1) is 5.52 Å². The van der Waals surface area contributed by atoms with E-state index in [-0.39, 0.29) is 0 Å². The summed E-state index contributed by atoms with van der Waals surface area (Å²) in [6, 6.07) is 6.71. The van der Waals surface area contributed by atoms with Crippen LogP contribution < -0.4 is 4.90 Å². The van der Waals surface area contributed by atoms with Gasteiger partial charge in [-0.25, -0.2) is 9.97 Å². The fourth-order valence-corrected chi connectivity index (χ4v) is 2.17. The van der Waals surface area contributed by atoms with Crippen molar-refractivity contribution in [1.82, 2.24) is 9.97 Å². The lowest BCUT2D eigenvalue weighted by Crippen LogP contribution is -2.21. The predicted molar refractivity (Wildman–Crippen MR) is 68.7 cm³/mol. The molecule has 0 bridgehead atoms. The third kappa shape index (κ3) is 1.78. The first-order valence-electron chi connectivity index (χ1n) is 5.39. The monoisotopic (exact) mass is 277 g/mol. The maximum atomic E-state index is 4.57. The molecule has 0 amide bonds. The van der Waals surface area contributed by atoms with Crippen molar-refractivity contribution in [3.8, 4) is 0 Å². The molecule has 4 heteroatoms. The summed E-state index contributed by atoms with van der Waals surface area (Å²) in [6.07, 6.45) is 4.41. The number of rotatable bonds is 2. The highest BCUT2D eigenvalue weighted by atomic mass is 79.9. The van der Waals surface area contributed by atoms with Crippen LogP contribution in [0.2, 0.25) is 0 Å². The SMILES string of the molecule is CN(c1ncc2cc(Br)ccc2n1)C1CC1. The Bertz CT molecular complexity index is 537. The molecule has 0 radical (unpaired) electrons. The number of hydrogen-bond donors (Lipinski definition) is 0. The summed E-state index contributed by atoms with van der Waals surface area (Å²) in [5, 5.41) is 1.07. The molecule has 1 aliphatic rings. The van der Waals surface area contributed by atoms with Crippen LogP contribution in [0.5, 0.6) is 0 Å². The highest BCUT2D eigenvalue weighted by Gasteiger charge is 2.27. The Balaban J connectivity index is 2.05. The lowest BCUT2D eigenvalue weighted by Gasteiger charge is -2.15. The Morgan fingerprint density at radius 3 is 2.94 bits per heavy atom. The molecule has 0 aliphatic heterocycles. The third-order valence-electron chi connectivity index (χ3n) is 2.94. The standard InChI is InChI=1S/C12H12BrN3/c1-16(10-3-4-10)12-14-7-8-6-9(13)2-5-11(8)15-12/h2,5-7,10H,3-4H2,1H3. The second-order valence-electron chi connectivity index (χ2n) is 4.22. The molecule has 82 valence electrons. The molecule has 3 rings (SSSR count). The smallest absolute Gasteiger partial charge is 0.225 e. The first kappa shape index (κ1) is 10.0. The van der Waals surface area contributed by atoms with Gasteiger partial charge in [-0.05, 0) is 31.0 Å². The fraction of sp³-hybridized carbons (Fsp3) is 0.333. The van der Waals surface area contributed by atoms with Crippen LogP contribution in [0.25, 0.3) is 10.9 Å². The summed E-state index contributed by atoms with van der Waals surface area (Å²) < 4.78 is 1.06. The number of halogens is 1. The van der Waals surface area contributed by atoms with Gasteiger partial charge < -0.3 is 4.90 Å². The molecule has 2 aromatic rings. The molecular formula is C12H12BrN3. The van der Waals surface area contributed by atoms with Crippen LogP contribution >= 0.6 is 15.9 Å². The van der Waals surface area contributed by atoms with Gasteiger partial charge in [0.1, 0.15) is 0 Å². The summed E-state index contributed by atoms with van der Waals surface area (Å²) in [5.41, 5.74) is 1.00. The second-order valence-corrected chi connectivity index (χ2v) is 5.13. The summed E-state index contributed by atoms with van der Waals surface area (Å²) in [7, 11) is 2.07. The number of fused-ring (bicyclic) bond motifs is 1. The molecular weight excluding hydrogens is 266 g/mol. The lowest BCUT2D eigenvalue weighted by molar-refractivity contribution is 0.868. The van der Waals surface area contributed by atoms with E-state index in [4.69, 9.17) is 0 Å². The quantitative estimate of drug-likeness (QED) is 0.845. The van der Waals surface area contributed by atoms with Crippen molar-refractivity contribution in [2.75, 3.05) is 11.9 Å². The average Bonchev–Trinajstić information content (AvgIpc) is 3.11. The Kier molecular flexibility index (Phi) is 2.32. The van der Waals surface area contributed by atoms with Crippen molar-refractivity contribution in [2.45, 2.75) is 18.9 Å². The molecule has 0 saturated heterocycles. The third-order valence-corrected chi connectivity index (χ3v) is 3.43. The van der Waals surface area contributed by atoms with Crippen LogP contribution in [-0.2, 0) is 0 Å². The van der Waals surface area contributed by atoms with Crippen LogP contribution in [0.4, 0.5) is 5.95 Å². The van der Waals surface area contributed by atoms with Gasteiger partial charge in [-0.3, -0.25) is 0 Å². The summed E-state index contributed by atoms with van der Waals surface area (Å²) in [5.74, 6) is 0.831. The molecule has 0 spiro atoms. The van der Waals surface area contributed by atoms with Crippen LogP contribution in [0, 0.1) is 0 Å². The maximum Gasteiger partial charge on any atom is 0.225 e. The minimum absolute atomic E-state index is 0.646. The molecule has 1 aliphatic carbocycles. The number of hydrogen-bond acceptors (Lipinski definition) is 3. The van der Waals surface area contributed by atoms with Crippen LogP contribution in [0.1, 0.15) is 12.8 Å². The summed E-state index contributed by atoms with van der Waals surface area (Å²) in [6.45, 7) is 0. The van der Waals surface area contributed by atoms with Crippen molar-refractivity contribution >= 4 is 32.8 Å². The van der Waals surface area contributed by atoms with Crippen molar-refractivity contribution in [3.05, 3.63) is 28.9 Å². The molecule has 0 atom stereocenters. The average molecular weight is 278 g/mol. The van der Waals surface area contributed by atoms with Gasteiger partial charge >= 0.3 is 0 Å². The second kappa shape index (κ2) is 3.70. The van der Waals surface area contributed by atoms with Gasteiger partial charge in [0, 0.05) is 29.1 Å². The van der Waals surface area contributed by atoms with Gasteiger partial charge in [0.15, 0.2) is 0 Å². The first-order valence-corrected chi connectivity index (χ1v) is 6.18. The van der Waals surface area contributed by atoms with Gasteiger partial charge in [-0.1, -0.05) is 15.9 Å². The van der Waals surface area contributed by atoms with Crippen LogP contribution in [0.15, 0.2) is 28.9 Å². The molecule has 1 fully saturated rings. The van der Waals surface area contributed by atoms with E-state index in [9.17, 15) is 0 Å². The molecule has 1 aromatic heterocycles. The lowest BCUT2D eigenvalue weighted by atomic mass is 10.2. The Morgan fingerprint density at radius 2 is 2.19 bits per heavy atom. The van der Waals surface area contributed by atoms with Crippen molar-refractivity contribution in [1.29, 1.82) is 0 Å². The predicted octanol–water partition coefficient (Wildman–Crippen LogP) is 2.99. The summed E-state index contributed by atoms with van der Waals surface area (Å²) >= 11 is 3.45. The van der Waals surface area contributed by atoms with E-state index >= 15 is 0 Å². The highest BCUT2D eigenvalue weighted by molar-refractivity contribution is 9.10. The van der Waals surface area contributed by atoms with E-state index in [1.54, 1.807) is 0 Å². The van der Waals surface area contributed by atoms with E-state index in [1.165, 1.54) is 12.8 Å². The molecule has 16 heavy (non-hydrogen) atoms. The number of benzene rings is 1. The zero-order valence-electron chi connectivity index (χ0n) is 9.02. The molecule has 0 unspecified atom stereocenters. The zero-order chi connectivity index (χ0) is 11.1. The normalized spacial score (nSPS) is 15.4. The van der Waals surface area contributed by atoms with E-state index in [0.29, 0.717) is 6.04 Å². The van der Waals surface area contributed by atoms with Crippen molar-refractivity contribution < 1.29 is 0 Å². The van der Waals surface area contributed by atoms with Gasteiger partial charge in [0.25, 0.3) is 0 Å². The number of anilines is 1. The highest BCUT2D eigenvalue weighted by Crippen LogP contribution is 2.29. The molecule has 1 saturated carbocycles. The topological polar surface area (TPSA) is 29.0 Å². The molecule has 1 aromatic carbocycles. The minimum atomic E-state index is 0.646. The molecule has 3 nitrogen and oxygen atoms in total. The Hall–Kier alpha value is -1.16. The molecule has 0 N–H and O–H groups in total. The van der Waals surface area contributed by atoms with E-state index in [1.807, 2.05) is 24.4 Å². The first-order chi connectivity index (χ1) is 7.74. The van der Waals surface area contributed by atoms with Gasteiger partial charge in [-0.2, -0.15) is 0 Å². The Morgan fingerprint density at radius 1 is 1.38 bits per heavy atom. The largest absolute Gasteiger partial charge is 0.341 e. The number of nitrogens with zero attached hydrogens (tertiary/aromatic N) is 3. The van der Waals surface area contributed by atoms with Crippen molar-refractivity contribution in [2.24, 2.45) is 0 Å². The summed E-state index contributed by atoms with van der Waals surface area (Å²) in [4.78, 5) is 11.1. The maximum absolute atomic E-state index is 4.57. The van der Waals surface area contributed by atoms with Gasteiger partial charge in [0.2, 0.25) is 5.95 Å². The Labute approximate surface area is 103 Å². The minimum Gasteiger partial charge on any atom is -0.341 e. The van der Waals surface area contributed by atoms with E-state index in [0.717, 1.165) is 21.3 Å². The van der Waals surface area contributed by atoms with E-state index < -0.39 is 0 Å². The molecule has 1 heterocycles. The van der Waals surface area contributed by atoms with Crippen molar-refractivity contribution in [3.63, 3.8) is 0 Å². The van der Waals surface area contributed by atoms with Crippen LogP contribution in [-0.4, -0.2) is 23.1 Å². The zero-order valence-corrected chi connectivity index (χ0v) is 10.6. The van der Waals surface area contributed by atoms with E-state index in [2.05, 4.69) is 37.8 Å². The fourth-order valence-electron chi connectivity index (χ4n) is 1.79. The number of aromatic nitrogens is 2.